The number of amides is 1. The zero-order valence-corrected chi connectivity index (χ0v) is 22.0. The van der Waals surface area contributed by atoms with E-state index in [9.17, 15) is 13.2 Å². The molecular formula is C26H29N7O3S. The van der Waals surface area contributed by atoms with E-state index in [0.29, 0.717) is 18.2 Å². The molecule has 11 heteroatoms. The molecule has 1 saturated heterocycles. The van der Waals surface area contributed by atoms with E-state index in [2.05, 4.69) is 15.2 Å². The lowest BCUT2D eigenvalue weighted by Crippen LogP contribution is -2.48. The van der Waals surface area contributed by atoms with Crippen molar-refractivity contribution in [3.8, 4) is 11.3 Å². The number of benzene rings is 2. The van der Waals surface area contributed by atoms with E-state index >= 15 is 0 Å². The Morgan fingerprint density at radius 1 is 1.03 bits per heavy atom. The second-order valence-corrected chi connectivity index (χ2v) is 11.3. The monoisotopic (exact) mass is 519 g/mol. The van der Waals surface area contributed by atoms with Gasteiger partial charge in [0.05, 0.1) is 29.4 Å². The van der Waals surface area contributed by atoms with Crippen LogP contribution in [0.1, 0.15) is 11.6 Å². The third-order valence-corrected chi connectivity index (χ3v) is 7.90. The van der Waals surface area contributed by atoms with Crippen molar-refractivity contribution in [2.24, 2.45) is 0 Å². The fraction of sp³-hybridized carbons (Fsp3) is 0.269. The van der Waals surface area contributed by atoms with Crippen molar-refractivity contribution >= 4 is 38.8 Å². The number of sulfonamides is 1. The highest BCUT2D eigenvalue weighted by Gasteiger charge is 2.32. The number of fused-ring (bicyclic) bond motifs is 1. The van der Waals surface area contributed by atoms with Crippen LogP contribution in [0, 0.1) is 0 Å². The molecule has 4 aromatic rings. The first-order valence-corrected chi connectivity index (χ1v) is 13.7. The summed E-state index contributed by atoms with van der Waals surface area (Å²) in [5, 5.41) is 7.95. The quantitative estimate of drug-likeness (QED) is 0.418. The first-order valence-electron chi connectivity index (χ1n) is 11.8. The second kappa shape index (κ2) is 9.49. The summed E-state index contributed by atoms with van der Waals surface area (Å²) in [5.74, 6) is 0.440. The SMILES string of the molecule is CN1CCN(C)C(c2cccc(Nc3ncc4ccc(-c5ccccc5N(C)S(C)(=O)=O)n4n3)c2)C1=O. The Morgan fingerprint density at radius 3 is 2.59 bits per heavy atom. The first kappa shape index (κ1) is 24.7. The number of carbonyl (C=O) groups is 1. The number of hydrogen-bond acceptors (Lipinski definition) is 7. The zero-order valence-electron chi connectivity index (χ0n) is 21.2. The van der Waals surface area contributed by atoms with Gasteiger partial charge in [-0.15, -0.1) is 5.10 Å². The molecular weight excluding hydrogens is 490 g/mol. The maximum Gasteiger partial charge on any atom is 0.245 e. The van der Waals surface area contributed by atoms with E-state index in [4.69, 9.17) is 5.10 Å². The molecule has 1 atom stereocenters. The third kappa shape index (κ3) is 4.75. The van der Waals surface area contributed by atoms with Crippen LogP contribution in [-0.2, 0) is 14.8 Å². The van der Waals surface area contributed by atoms with Gasteiger partial charge in [0.2, 0.25) is 21.9 Å². The van der Waals surface area contributed by atoms with Gasteiger partial charge in [0.25, 0.3) is 0 Å². The molecule has 1 aliphatic rings. The van der Waals surface area contributed by atoms with E-state index < -0.39 is 10.0 Å². The molecule has 1 amide bonds. The molecule has 5 rings (SSSR count). The number of aromatic nitrogens is 3. The minimum absolute atomic E-state index is 0.0679. The molecule has 0 saturated carbocycles. The van der Waals surface area contributed by atoms with Crippen LogP contribution in [0.3, 0.4) is 0 Å². The largest absolute Gasteiger partial charge is 0.343 e. The average Bonchev–Trinajstić information content (AvgIpc) is 3.29. The van der Waals surface area contributed by atoms with Crippen LogP contribution >= 0.6 is 0 Å². The van der Waals surface area contributed by atoms with Crippen LogP contribution in [0.4, 0.5) is 17.3 Å². The molecule has 0 bridgehead atoms. The Morgan fingerprint density at radius 2 is 1.81 bits per heavy atom. The minimum atomic E-state index is -3.45. The Balaban J connectivity index is 1.49. The van der Waals surface area contributed by atoms with Gasteiger partial charge < -0.3 is 10.2 Å². The van der Waals surface area contributed by atoms with E-state index in [1.165, 1.54) is 17.6 Å². The lowest BCUT2D eigenvalue weighted by atomic mass is 10.0. The number of anilines is 3. The summed E-state index contributed by atoms with van der Waals surface area (Å²) in [5.41, 5.74) is 4.44. The molecule has 37 heavy (non-hydrogen) atoms. The Labute approximate surface area is 216 Å². The topological polar surface area (TPSA) is 103 Å². The van der Waals surface area contributed by atoms with Crippen molar-refractivity contribution in [3.63, 3.8) is 0 Å². The highest BCUT2D eigenvalue weighted by Crippen LogP contribution is 2.33. The van der Waals surface area contributed by atoms with E-state index in [-0.39, 0.29) is 11.9 Å². The zero-order chi connectivity index (χ0) is 26.3. The molecule has 1 fully saturated rings. The van der Waals surface area contributed by atoms with E-state index in [0.717, 1.165) is 34.6 Å². The van der Waals surface area contributed by atoms with Crippen molar-refractivity contribution < 1.29 is 13.2 Å². The highest BCUT2D eigenvalue weighted by atomic mass is 32.2. The summed E-state index contributed by atoms with van der Waals surface area (Å²) >= 11 is 0. The van der Waals surface area contributed by atoms with Crippen LogP contribution in [0.15, 0.2) is 66.9 Å². The van der Waals surface area contributed by atoms with Crippen molar-refractivity contribution in [2.45, 2.75) is 6.04 Å². The summed E-state index contributed by atoms with van der Waals surface area (Å²) < 4.78 is 27.5. The van der Waals surface area contributed by atoms with Crippen LogP contribution in [-0.4, -0.2) is 79.2 Å². The molecule has 2 aromatic carbocycles. The maximum atomic E-state index is 12.8. The van der Waals surface area contributed by atoms with Crippen molar-refractivity contribution in [1.82, 2.24) is 24.4 Å². The second-order valence-electron chi connectivity index (χ2n) is 9.28. The number of hydrogen-bond donors (Lipinski definition) is 1. The van der Waals surface area contributed by atoms with Crippen molar-refractivity contribution in [3.05, 3.63) is 72.4 Å². The van der Waals surface area contributed by atoms with Gasteiger partial charge in [-0.25, -0.2) is 17.9 Å². The Hall–Kier alpha value is -3.96. The van der Waals surface area contributed by atoms with Gasteiger partial charge in [0.15, 0.2) is 0 Å². The normalized spacial score (nSPS) is 16.8. The van der Waals surface area contributed by atoms with Crippen LogP contribution in [0.25, 0.3) is 16.8 Å². The molecule has 2 aromatic heterocycles. The molecule has 192 valence electrons. The van der Waals surface area contributed by atoms with Gasteiger partial charge >= 0.3 is 0 Å². The van der Waals surface area contributed by atoms with Crippen molar-refractivity contribution in [1.29, 1.82) is 0 Å². The van der Waals surface area contributed by atoms with E-state index in [1.54, 1.807) is 27.7 Å². The van der Waals surface area contributed by atoms with Gasteiger partial charge in [-0.3, -0.25) is 14.0 Å². The summed E-state index contributed by atoms with van der Waals surface area (Å²) in [6.07, 6.45) is 2.88. The average molecular weight is 520 g/mol. The molecule has 0 radical (unpaired) electrons. The Bertz CT molecular complexity index is 1580. The first-order chi connectivity index (χ1) is 17.6. The summed E-state index contributed by atoms with van der Waals surface area (Å²) in [7, 11) is 1.87. The molecule has 3 heterocycles. The van der Waals surface area contributed by atoms with Crippen LogP contribution in [0.5, 0.6) is 0 Å². The number of para-hydroxylation sites is 1. The van der Waals surface area contributed by atoms with Crippen molar-refractivity contribution in [2.75, 3.05) is 50.1 Å². The third-order valence-electron chi connectivity index (χ3n) is 6.71. The maximum absolute atomic E-state index is 12.8. The van der Waals surface area contributed by atoms with Gasteiger partial charge in [-0.05, 0) is 42.9 Å². The summed E-state index contributed by atoms with van der Waals surface area (Å²) in [4.78, 5) is 21.1. The fourth-order valence-corrected chi connectivity index (χ4v) is 5.08. The Kier molecular flexibility index (Phi) is 6.34. The standard InChI is InChI=1S/C26H29N7O3S/c1-30-14-15-31(2)25(34)24(30)18-8-7-9-19(16-18)28-26-27-17-20-12-13-23(33(20)29-26)21-10-5-6-11-22(21)32(3)37(4,35)36/h5-13,16-17,24H,14-15H2,1-4H3,(H,28,29). The predicted molar refractivity (Wildman–Crippen MR) is 144 cm³/mol. The number of nitrogens with zero attached hydrogens (tertiary/aromatic N) is 6. The van der Waals surface area contributed by atoms with Crippen LogP contribution < -0.4 is 9.62 Å². The number of rotatable bonds is 6. The smallest absolute Gasteiger partial charge is 0.245 e. The number of piperazine rings is 1. The van der Waals surface area contributed by atoms with Gasteiger partial charge in [-0.1, -0.05) is 30.3 Å². The molecule has 10 nitrogen and oxygen atoms in total. The molecule has 0 spiro atoms. The number of carbonyl (C=O) groups excluding carboxylic acids is 1. The summed E-state index contributed by atoms with van der Waals surface area (Å²) in [6.45, 7) is 1.51. The molecule has 0 aliphatic carbocycles. The summed E-state index contributed by atoms with van der Waals surface area (Å²) in [6, 6.07) is 18.4. The molecule has 1 N–H and O–H groups in total. The number of nitrogens with one attached hydrogen (secondary N) is 1. The fourth-order valence-electron chi connectivity index (χ4n) is 4.56. The molecule has 1 unspecified atom stereocenters. The van der Waals surface area contributed by atoms with E-state index in [1.807, 2.05) is 62.6 Å². The van der Waals surface area contributed by atoms with Gasteiger partial charge in [-0.2, -0.15) is 0 Å². The lowest BCUT2D eigenvalue weighted by molar-refractivity contribution is -0.139. The van der Waals surface area contributed by atoms with Gasteiger partial charge in [0.1, 0.15) is 6.04 Å². The van der Waals surface area contributed by atoms with Gasteiger partial charge in [0, 0.05) is 38.4 Å². The van der Waals surface area contributed by atoms with Crippen LogP contribution in [0.2, 0.25) is 0 Å². The lowest BCUT2D eigenvalue weighted by Gasteiger charge is -2.37. The number of likely N-dealkylation sites (N-methyl/N-ethyl adjacent to an activating group) is 2. The highest BCUT2D eigenvalue weighted by molar-refractivity contribution is 7.92. The predicted octanol–water partition coefficient (Wildman–Crippen LogP) is 2.98. The molecule has 1 aliphatic heterocycles. The minimum Gasteiger partial charge on any atom is -0.343 e.